The third kappa shape index (κ3) is 3.46. The molecule has 0 atom stereocenters. The van der Waals surface area contributed by atoms with Gasteiger partial charge in [-0.25, -0.2) is 4.98 Å². The van der Waals surface area contributed by atoms with Crippen LogP contribution < -0.4 is 14.8 Å². The number of halogens is 2. The molecular formula is C14H12BrClN2O3. The van der Waals surface area contributed by atoms with Gasteiger partial charge >= 0.3 is 0 Å². The fourth-order valence-corrected chi connectivity index (χ4v) is 2.21. The highest BCUT2D eigenvalue weighted by atomic mass is 79.9. The van der Waals surface area contributed by atoms with Crippen molar-refractivity contribution in [3.63, 3.8) is 0 Å². The van der Waals surface area contributed by atoms with Crippen LogP contribution >= 0.6 is 27.5 Å². The van der Waals surface area contributed by atoms with Crippen molar-refractivity contribution in [1.82, 2.24) is 4.98 Å². The van der Waals surface area contributed by atoms with Gasteiger partial charge in [0.2, 0.25) is 0 Å². The lowest BCUT2D eigenvalue weighted by atomic mass is 10.1. The molecule has 1 N–H and O–H groups in total. The van der Waals surface area contributed by atoms with E-state index in [1.165, 1.54) is 20.4 Å². The molecule has 0 radical (unpaired) electrons. The molecule has 21 heavy (non-hydrogen) atoms. The molecule has 1 heterocycles. The average Bonchev–Trinajstić information content (AvgIpc) is 2.49. The first kappa shape index (κ1) is 15.6. The van der Waals surface area contributed by atoms with Crippen LogP contribution in [0.1, 0.15) is 10.4 Å². The molecule has 0 aliphatic carbocycles. The molecule has 1 aromatic carbocycles. The smallest absolute Gasteiger partial charge is 0.259 e. The number of methoxy groups -OCH3 is 2. The lowest BCUT2D eigenvalue weighted by molar-refractivity contribution is 0.102. The predicted octanol–water partition coefficient (Wildman–Crippen LogP) is 3.77. The van der Waals surface area contributed by atoms with E-state index < -0.39 is 0 Å². The highest BCUT2D eigenvalue weighted by Gasteiger charge is 2.16. The molecule has 0 unspecified atom stereocenters. The molecule has 0 saturated carbocycles. The lowest BCUT2D eigenvalue weighted by Crippen LogP contribution is -2.13. The quantitative estimate of drug-likeness (QED) is 0.831. The number of carbonyl (C=O) groups excluding carboxylic acids is 1. The highest BCUT2D eigenvalue weighted by molar-refractivity contribution is 9.10. The molecule has 2 aromatic rings. The number of anilines is 1. The molecule has 0 spiro atoms. The van der Waals surface area contributed by atoms with E-state index in [1.807, 2.05) is 0 Å². The van der Waals surface area contributed by atoms with Gasteiger partial charge in [-0.3, -0.25) is 4.79 Å². The van der Waals surface area contributed by atoms with Crippen LogP contribution in [0.15, 0.2) is 34.9 Å². The van der Waals surface area contributed by atoms with Crippen LogP contribution in [-0.2, 0) is 0 Å². The maximum Gasteiger partial charge on any atom is 0.259 e. The minimum absolute atomic E-state index is 0.326. The fraction of sp³-hybridized carbons (Fsp3) is 0.143. The van der Waals surface area contributed by atoms with Crippen molar-refractivity contribution in [2.75, 3.05) is 19.5 Å². The Morgan fingerprint density at radius 2 is 2.10 bits per heavy atom. The highest BCUT2D eigenvalue weighted by Crippen LogP contribution is 2.31. The van der Waals surface area contributed by atoms with Crippen molar-refractivity contribution in [1.29, 1.82) is 0 Å². The molecule has 5 nitrogen and oxygen atoms in total. The van der Waals surface area contributed by atoms with Crippen LogP contribution in [0.5, 0.6) is 11.5 Å². The number of amides is 1. The van der Waals surface area contributed by atoms with Crippen LogP contribution in [0.3, 0.4) is 0 Å². The number of nitrogens with one attached hydrogen (secondary N) is 1. The topological polar surface area (TPSA) is 60.5 Å². The van der Waals surface area contributed by atoms with Crippen molar-refractivity contribution in [2.45, 2.75) is 0 Å². The zero-order valence-electron chi connectivity index (χ0n) is 11.3. The van der Waals surface area contributed by atoms with Crippen molar-refractivity contribution < 1.29 is 14.3 Å². The van der Waals surface area contributed by atoms with Gasteiger partial charge < -0.3 is 14.8 Å². The molecule has 1 amide bonds. The van der Waals surface area contributed by atoms with Gasteiger partial charge in [0.25, 0.3) is 5.91 Å². The summed E-state index contributed by atoms with van der Waals surface area (Å²) in [5.74, 6) is 0.529. The maximum atomic E-state index is 12.3. The number of aromatic nitrogens is 1. The predicted molar refractivity (Wildman–Crippen MR) is 84.4 cm³/mol. The van der Waals surface area contributed by atoms with Crippen LogP contribution in [0.4, 0.5) is 5.69 Å². The molecule has 1 aromatic heterocycles. The van der Waals surface area contributed by atoms with Crippen molar-refractivity contribution in [2.24, 2.45) is 0 Å². The number of pyridine rings is 1. The second-order valence-corrected chi connectivity index (χ2v) is 5.20. The SMILES string of the molecule is COc1cccc(C(=O)Nc2cnc(Cl)c(Br)c2)c1OC. The van der Waals surface area contributed by atoms with Gasteiger partial charge in [-0.2, -0.15) is 0 Å². The number of carbonyl (C=O) groups is 1. The van der Waals surface area contributed by atoms with Crippen molar-refractivity contribution >= 4 is 39.1 Å². The number of benzene rings is 1. The second kappa shape index (κ2) is 6.78. The average molecular weight is 372 g/mol. The van der Waals surface area contributed by atoms with Crippen molar-refractivity contribution in [3.8, 4) is 11.5 Å². The third-order valence-corrected chi connectivity index (χ3v) is 3.84. The fourth-order valence-electron chi connectivity index (χ4n) is 1.75. The molecule has 0 bridgehead atoms. The zero-order chi connectivity index (χ0) is 15.4. The van der Waals surface area contributed by atoms with Gasteiger partial charge in [0.05, 0.1) is 36.1 Å². The van der Waals surface area contributed by atoms with Crippen molar-refractivity contribution in [3.05, 3.63) is 45.7 Å². The first-order chi connectivity index (χ1) is 10.1. The van der Waals surface area contributed by atoms with E-state index in [9.17, 15) is 4.79 Å². The Morgan fingerprint density at radius 1 is 1.33 bits per heavy atom. The number of nitrogens with zero attached hydrogens (tertiary/aromatic N) is 1. The van der Waals surface area contributed by atoms with Crippen LogP contribution in [0.25, 0.3) is 0 Å². The summed E-state index contributed by atoms with van der Waals surface area (Å²) in [4.78, 5) is 16.3. The van der Waals surface area contributed by atoms with Gasteiger partial charge in [0.15, 0.2) is 11.5 Å². The Labute approximate surface area is 135 Å². The first-order valence-corrected chi connectivity index (χ1v) is 7.07. The molecule has 2 rings (SSSR count). The van der Waals surface area contributed by atoms with E-state index in [1.54, 1.807) is 24.3 Å². The summed E-state index contributed by atoms with van der Waals surface area (Å²) in [6.07, 6.45) is 1.47. The molecule has 0 saturated heterocycles. The van der Waals surface area contributed by atoms with Crippen LogP contribution in [0.2, 0.25) is 5.15 Å². The number of ether oxygens (including phenoxy) is 2. The van der Waals surface area contributed by atoms with E-state index in [0.29, 0.717) is 32.4 Å². The first-order valence-electron chi connectivity index (χ1n) is 5.90. The zero-order valence-corrected chi connectivity index (χ0v) is 13.7. The molecular weight excluding hydrogens is 360 g/mol. The van der Waals surface area contributed by atoms with E-state index in [4.69, 9.17) is 21.1 Å². The summed E-state index contributed by atoms with van der Waals surface area (Å²) in [5, 5.41) is 3.05. The van der Waals surface area contributed by atoms with Crippen LogP contribution in [-0.4, -0.2) is 25.1 Å². The number of hydrogen-bond donors (Lipinski definition) is 1. The molecule has 7 heteroatoms. The van der Waals surface area contributed by atoms with E-state index in [-0.39, 0.29) is 5.91 Å². The summed E-state index contributed by atoms with van der Waals surface area (Å²) in [7, 11) is 2.99. The monoisotopic (exact) mass is 370 g/mol. The summed E-state index contributed by atoms with van der Waals surface area (Å²) >= 11 is 9.07. The molecule has 0 aliphatic rings. The Kier molecular flexibility index (Phi) is 5.03. The normalized spacial score (nSPS) is 10.1. The number of para-hydroxylation sites is 1. The molecule has 0 fully saturated rings. The van der Waals surface area contributed by atoms with Gasteiger partial charge in [-0.15, -0.1) is 0 Å². The van der Waals surface area contributed by atoms with Crippen LogP contribution in [0, 0.1) is 0 Å². The third-order valence-electron chi connectivity index (χ3n) is 2.70. The Morgan fingerprint density at radius 3 is 2.71 bits per heavy atom. The second-order valence-electron chi connectivity index (χ2n) is 3.99. The minimum atomic E-state index is -0.332. The molecule has 110 valence electrons. The Hall–Kier alpha value is -1.79. The van der Waals surface area contributed by atoms with Gasteiger partial charge in [-0.05, 0) is 34.1 Å². The van der Waals surface area contributed by atoms with E-state index >= 15 is 0 Å². The maximum absolute atomic E-state index is 12.3. The largest absolute Gasteiger partial charge is 0.493 e. The van der Waals surface area contributed by atoms with Gasteiger partial charge in [0, 0.05) is 0 Å². The Bertz CT molecular complexity index is 679. The summed E-state index contributed by atoms with van der Waals surface area (Å²) in [6.45, 7) is 0. The standard InChI is InChI=1S/C14H12BrClN2O3/c1-20-11-5-3-4-9(12(11)21-2)14(19)18-8-6-10(15)13(16)17-7-8/h3-7H,1-2H3,(H,18,19). The van der Waals surface area contributed by atoms with E-state index in [2.05, 4.69) is 26.2 Å². The van der Waals surface area contributed by atoms with Gasteiger partial charge in [-0.1, -0.05) is 17.7 Å². The Balaban J connectivity index is 2.30. The lowest BCUT2D eigenvalue weighted by Gasteiger charge is -2.12. The molecule has 0 aliphatic heterocycles. The van der Waals surface area contributed by atoms with Gasteiger partial charge in [0.1, 0.15) is 5.15 Å². The minimum Gasteiger partial charge on any atom is -0.493 e. The summed E-state index contributed by atoms with van der Waals surface area (Å²) in [5.41, 5.74) is 0.879. The summed E-state index contributed by atoms with van der Waals surface area (Å²) < 4.78 is 11.0. The summed E-state index contributed by atoms with van der Waals surface area (Å²) in [6, 6.07) is 6.75. The number of rotatable bonds is 4. The van der Waals surface area contributed by atoms with E-state index in [0.717, 1.165) is 0 Å². The number of hydrogen-bond acceptors (Lipinski definition) is 4.